The van der Waals surface area contributed by atoms with E-state index in [1.165, 1.54) is 5.56 Å². The van der Waals surface area contributed by atoms with Gasteiger partial charge in [0.1, 0.15) is 0 Å². The molecule has 2 rings (SSSR count). The van der Waals surface area contributed by atoms with Crippen LogP contribution in [0.5, 0.6) is 0 Å². The van der Waals surface area contributed by atoms with Crippen LogP contribution in [0, 0.1) is 0 Å². The summed E-state index contributed by atoms with van der Waals surface area (Å²) in [6.45, 7) is 5.51. The lowest BCUT2D eigenvalue weighted by molar-refractivity contribution is -0.141. The molecular weight excluding hydrogens is 300 g/mol. The summed E-state index contributed by atoms with van der Waals surface area (Å²) in [5, 5.41) is 0. The first-order valence-corrected chi connectivity index (χ1v) is 9.15. The monoisotopic (exact) mass is 330 g/mol. The third-order valence-corrected chi connectivity index (χ3v) is 5.20. The van der Waals surface area contributed by atoms with E-state index in [0.717, 1.165) is 38.8 Å². The average molecular weight is 330 g/mol. The SMILES string of the molecule is CCCC(=O)N1CCC(c2ccccc2)(N(C)C(=O)CCC)CC1. The summed E-state index contributed by atoms with van der Waals surface area (Å²) >= 11 is 0. The van der Waals surface area contributed by atoms with Gasteiger partial charge in [0.25, 0.3) is 0 Å². The van der Waals surface area contributed by atoms with Gasteiger partial charge in [-0.1, -0.05) is 44.2 Å². The minimum absolute atomic E-state index is 0.190. The first-order valence-electron chi connectivity index (χ1n) is 9.15. The largest absolute Gasteiger partial charge is 0.342 e. The first-order chi connectivity index (χ1) is 11.5. The van der Waals surface area contributed by atoms with Gasteiger partial charge in [-0.3, -0.25) is 9.59 Å². The maximum absolute atomic E-state index is 12.6. The molecule has 1 aliphatic rings. The van der Waals surface area contributed by atoms with Gasteiger partial charge < -0.3 is 9.80 Å². The molecule has 1 saturated heterocycles. The number of piperidine rings is 1. The summed E-state index contributed by atoms with van der Waals surface area (Å²) in [6, 6.07) is 10.3. The number of nitrogens with zero attached hydrogens (tertiary/aromatic N) is 2. The number of rotatable bonds is 6. The first kappa shape index (κ1) is 18.5. The zero-order valence-electron chi connectivity index (χ0n) is 15.3. The standard InChI is InChI=1S/C20H30N2O2/c1-4-9-18(23)21(3)20(17-11-7-6-8-12-17)13-15-22(16-14-20)19(24)10-5-2/h6-8,11-12H,4-5,9-10,13-16H2,1-3H3. The molecule has 4 nitrogen and oxygen atoms in total. The number of hydrogen-bond acceptors (Lipinski definition) is 2. The molecule has 0 spiro atoms. The van der Waals surface area contributed by atoms with Gasteiger partial charge in [0.2, 0.25) is 11.8 Å². The molecule has 132 valence electrons. The number of likely N-dealkylation sites (tertiary alicyclic amines) is 1. The van der Waals surface area contributed by atoms with Crippen LogP contribution in [0.4, 0.5) is 0 Å². The highest BCUT2D eigenvalue weighted by Gasteiger charge is 2.42. The number of hydrogen-bond donors (Lipinski definition) is 0. The second-order valence-corrected chi connectivity index (χ2v) is 6.73. The van der Waals surface area contributed by atoms with E-state index >= 15 is 0 Å². The van der Waals surface area contributed by atoms with Crippen molar-refractivity contribution >= 4 is 11.8 Å². The van der Waals surface area contributed by atoms with Crippen molar-refractivity contribution in [1.82, 2.24) is 9.80 Å². The summed E-state index contributed by atoms with van der Waals surface area (Å²) in [4.78, 5) is 28.7. The molecular formula is C20H30N2O2. The Balaban J connectivity index is 2.24. The summed E-state index contributed by atoms with van der Waals surface area (Å²) < 4.78 is 0. The number of carbonyl (C=O) groups excluding carboxylic acids is 2. The second kappa shape index (κ2) is 8.32. The van der Waals surface area contributed by atoms with E-state index in [9.17, 15) is 9.59 Å². The van der Waals surface area contributed by atoms with Crippen molar-refractivity contribution < 1.29 is 9.59 Å². The fraction of sp³-hybridized carbons (Fsp3) is 0.600. The van der Waals surface area contributed by atoms with Crippen LogP contribution >= 0.6 is 0 Å². The average Bonchev–Trinajstić information content (AvgIpc) is 2.62. The van der Waals surface area contributed by atoms with Crippen LogP contribution in [0.25, 0.3) is 0 Å². The molecule has 0 aromatic heterocycles. The zero-order valence-corrected chi connectivity index (χ0v) is 15.3. The third kappa shape index (κ3) is 3.80. The number of benzene rings is 1. The van der Waals surface area contributed by atoms with Crippen LogP contribution in [0.3, 0.4) is 0 Å². The summed E-state index contributed by atoms with van der Waals surface area (Å²) in [5.41, 5.74) is 0.885. The van der Waals surface area contributed by atoms with Crippen molar-refractivity contribution in [2.24, 2.45) is 0 Å². The summed E-state index contributed by atoms with van der Waals surface area (Å²) in [5.74, 6) is 0.427. The summed E-state index contributed by atoms with van der Waals surface area (Å²) in [7, 11) is 1.93. The summed E-state index contributed by atoms with van der Waals surface area (Å²) in [6.07, 6.45) is 4.53. The van der Waals surface area contributed by atoms with E-state index in [4.69, 9.17) is 0 Å². The number of amides is 2. The lowest BCUT2D eigenvalue weighted by Gasteiger charge is -2.48. The molecule has 0 saturated carbocycles. The molecule has 1 heterocycles. The van der Waals surface area contributed by atoms with Crippen molar-refractivity contribution in [3.05, 3.63) is 35.9 Å². The molecule has 1 aromatic rings. The smallest absolute Gasteiger partial charge is 0.223 e. The highest BCUT2D eigenvalue weighted by atomic mass is 16.2. The van der Waals surface area contributed by atoms with Gasteiger partial charge in [0.15, 0.2) is 0 Å². The maximum atomic E-state index is 12.6. The molecule has 2 amide bonds. The Bertz CT molecular complexity index is 548. The predicted octanol–water partition coefficient (Wildman–Crippen LogP) is 3.56. The molecule has 1 fully saturated rings. The van der Waals surface area contributed by atoms with Crippen LogP contribution in [-0.4, -0.2) is 41.8 Å². The molecule has 1 aromatic carbocycles. The molecule has 4 heteroatoms. The molecule has 0 N–H and O–H groups in total. The molecule has 0 atom stereocenters. The lowest BCUT2D eigenvalue weighted by Crippen LogP contribution is -2.54. The van der Waals surface area contributed by atoms with Gasteiger partial charge in [0, 0.05) is 33.0 Å². The Kier molecular flexibility index (Phi) is 6.41. The fourth-order valence-corrected chi connectivity index (χ4v) is 3.68. The van der Waals surface area contributed by atoms with Crippen molar-refractivity contribution in [3.63, 3.8) is 0 Å². The topological polar surface area (TPSA) is 40.6 Å². The van der Waals surface area contributed by atoms with E-state index in [1.807, 2.05) is 48.9 Å². The van der Waals surface area contributed by atoms with Gasteiger partial charge in [-0.05, 0) is 31.2 Å². The molecule has 0 unspecified atom stereocenters. The Labute approximate surface area is 145 Å². The van der Waals surface area contributed by atoms with Crippen LogP contribution < -0.4 is 0 Å². The van der Waals surface area contributed by atoms with Gasteiger partial charge in [-0.2, -0.15) is 0 Å². The van der Waals surface area contributed by atoms with Gasteiger partial charge >= 0.3 is 0 Å². The zero-order chi connectivity index (χ0) is 17.6. The quantitative estimate of drug-likeness (QED) is 0.800. The molecule has 1 aliphatic heterocycles. The van der Waals surface area contributed by atoms with Gasteiger partial charge in [-0.25, -0.2) is 0 Å². The van der Waals surface area contributed by atoms with Crippen molar-refractivity contribution in [3.8, 4) is 0 Å². The highest BCUT2D eigenvalue weighted by molar-refractivity contribution is 5.78. The Morgan fingerprint density at radius 1 is 1.04 bits per heavy atom. The van der Waals surface area contributed by atoms with Crippen LogP contribution in [-0.2, 0) is 15.1 Å². The minimum atomic E-state index is -0.295. The van der Waals surface area contributed by atoms with Crippen LogP contribution in [0.1, 0.15) is 57.9 Å². The highest BCUT2D eigenvalue weighted by Crippen LogP contribution is 2.38. The van der Waals surface area contributed by atoms with Gasteiger partial charge in [-0.15, -0.1) is 0 Å². The molecule has 0 radical (unpaired) electrons. The second-order valence-electron chi connectivity index (χ2n) is 6.73. The Morgan fingerprint density at radius 2 is 1.62 bits per heavy atom. The third-order valence-electron chi connectivity index (χ3n) is 5.20. The Hall–Kier alpha value is -1.84. The van der Waals surface area contributed by atoms with Crippen LogP contribution in [0.2, 0.25) is 0 Å². The van der Waals surface area contributed by atoms with Crippen molar-refractivity contribution in [1.29, 1.82) is 0 Å². The van der Waals surface area contributed by atoms with Crippen molar-refractivity contribution in [2.45, 2.75) is 57.9 Å². The molecule has 24 heavy (non-hydrogen) atoms. The van der Waals surface area contributed by atoms with Crippen LogP contribution in [0.15, 0.2) is 30.3 Å². The normalized spacial score (nSPS) is 16.7. The van der Waals surface area contributed by atoms with E-state index in [2.05, 4.69) is 12.1 Å². The molecule has 0 bridgehead atoms. The molecule has 0 aliphatic carbocycles. The maximum Gasteiger partial charge on any atom is 0.223 e. The fourth-order valence-electron chi connectivity index (χ4n) is 3.68. The van der Waals surface area contributed by atoms with E-state index < -0.39 is 0 Å². The van der Waals surface area contributed by atoms with E-state index in [0.29, 0.717) is 12.8 Å². The van der Waals surface area contributed by atoms with E-state index in [1.54, 1.807) is 0 Å². The predicted molar refractivity (Wildman–Crippen MR) is 96.5 cm³/mol. The number of carbonyl (C=O) groups is 2. The minimum Gasteiger partial charge on any atom is -0.342 e. The lowest BCUT2D eigenvalue weighted by atomic mass is 9.79. The van der Waals surface area contributed by atoms with E-state index in [-0.39, 0.29) is 17.4 Å². The Morgan fingerprint density at radius 3 is 2.17 bits per heavy atom. The van der Waals surface area contributed by atoms with Crippen molar-refractivity contribution in [2.75, 3.05) is 20.1 Å². The van der Waals surface area contributed by atoms with Gasteiger partial charge in [0.05, 0.1) is 5.54 Å².